The molecule has 0 aliphatic heterocycles. The van der Waals surface area contributed by atoms with Gasteiger partial charge in [0.1, 0.15) is 0 Å². The van der Waals surface area contributed by atoms with Crippen LogP contribution >= 0.6 is 44.8 Å². The number of rotatable bonds is 1. The molecular weight excluding hydrogens is 295 g/mol. The van der Waals surface area contributed by atoms with Gasteiger partial charge in [-0.1, -0.05) is 4.66 Å². The van der Waals surface area contributed by atoms with Crippen molar-refractivity contribution in [2.45, 2.75) is 0 Å². The van der Waals surface area contributed by atoms with Gasteiger partial charge >= 0.3 is 6.00 Å². The fraction of sp³-hybridized carbons (Fsp3) is 0. The Bertz CT molecular complexity index is 133. The molecular formula is C3HCl4SiY-. The van der Waals surface area contributed by atoms with Gasteiger partial charge < -0.3 is 5.73 Å². The van der Waals surface area contributed by atoms with Crippen LogP contribution in [0.3, 0.4) is 0 Å². The second-order valence-corrected chi connectivity index (χ2v) is 9.99. The van der Waals surface area contributed by atoms with Crippen molar-refractivity contribution in [2.75, 3.05) is 0 Å². The monoisotopic (exact) mass is 294 g/mol. The van der Waals surface area contributed by atoms with E-state index in [1.165, 1.54) is 0 Å². The van der Waals surface area contributed by atoms with E-state index in [9.17, 15) is 0 Å². The Balaban J connectivity index is 0. The molecule has 0 unspecified atom stereocenters. The van der Waals surface area contributed by atoms with Crippen LogP contribution in [-0.4, -0.2) is 6.00 Å². The average Bonchev–Trinajstić information content (AvgIpc) is 1.62. The van der Waals surface area contributed by atoms with Crippen molar-refractivity contribution in [1.82, 2.24) is 0 Å². The molecule has 0 saturated carbocycles. The molecule has 0 atom stereocenters. The van der Waals surface area contributed by atoms with E-state index in [0.717, 1.165) is 0 Å². The first-order valence-corrected chi connectivity index (χ1v) is 6.96. The number of hydrogen-bond donors (Lipinski definition) is 0. The van der Waals surface area contributed by atoms with Crippen molar-refractivity contribution in [1.29, 1.82) is 0 Å². The summed E-state index contributed by atoms with van der Waals surface area (Å²) in [4.78, 5) is 0. The van der Waals surface area contributed by atoms with Gasteiger partial charge in [-0.3, -0.25) is 0 Å². The average molecular weight is 296 g/mol. The second-order valence-electron chi connectivity index (χ2n) is 0.956. The van der Waals surface area contributed by atoms with Crippen LogP contribution in [0, 0.1) is 6.58 Å². The number of halogens is 4. The summed E-state index contributed by atoms with van der Waals surface area (Å²) in [5.41, 5.74) is 2.05. The summed E-state index contributed by atoms with van der Waals surface area (Å²) < 4.78 is 0.0162. The molecule has 1 radical (unpaired) electrons. The van der Waals surface area contributed by atoms with Crippen molar-refractivity contribution in [3.05, 3.63) is 17.0 Å². The van der Waals surface area contributed by atoms with Gasteiger partial charge in [-0.25, -0.2) is 6.58 Å². The summed E-state index contributed by atoms with van der Waals surface area (Å²) >= 11 is 21.3. The van der Waals surface area contributed by atoms with Crippen molar-refractivity contribution < 1.29 is 32.7 Å². The summed E-state index contributed by atoms with van der Waals surface area (Å²) in [5, 5.41) is 0. The molecule has 0 N–H and O–H groups in total. The van der Waals surface area contributed by atoms with Crippen LogP contribution in [0.1, 0.15) is 0 Å². The molecule has 0 rings (SSSR count). The van der Waals surface area contributed by atoms with Crippen molar-refractivity contribution >= 4 is 50.8 Å². The molecule has 0 saturated heterocycles. The van der Waals surface area contributed by atoms with Crippen LogP contribution < -0.4 is 0 Å². The van der Waals surface area contributed by atoms with Crippen LogP contribution in [-0.2, 0) is 32.7 Å². The van der Waals surface area contributed by atoms with Gasteiger partial charge in [-0.2, -0.15) is 11.6 Å². The summed E-state index contributed by atoms with van der Waals surface area (Å²) in [6, 6.07) is -2.90. The Kier molecular flexibility index (Phi) is 8.49. The van der Waals surface area contributed by atoms with Crippen LogP contribution in [0.15, 0.2) is 10.4 Å². The van der Waals surface area contributed by atoms with E-state index in [4.69, 9.17) is 51.4 Å². The number of hydrogen-bond acceptors (Lipinski definition) is 0. The zero-order valence-corrected chi connectivity index (χ0v) is 11.0. The molecule has 0 nitrogen and oxygen atoms in total. The van der Waals surface area contributed by atoms with Crippen LogP contribution in [0.2, 0.25) is 0 Å². The van der Waals surface area contributed by atoms with Gasteiger partial charge in [-0.05, 0) is 0 Å². The molecule has 0 amide bonds. The first-order chi connectivity index (χ1) is 3.48. The van der Waals surface area contributed by atoms with Crippen LogP contribution in [0.5, 0.6) is 0 Å². The Morgan fingerprint density at radius 2 is 1.67 bits per heavy atom. The van der Waals surface area contributed by atoms with E-state index < -0.39 is 6.00 Å². The van der Waals surface area contributed by atoms with Gasteiger partial charge in [0.05, 0.1) is 0 Å². The minimum atomic E-state index is -2.90. The van der Waals surface area contributed by atoms with E-state index >= 15 is 0 Å². The molecule has 0 bridgehead atoms. The third kappa shape index (κ3) is 6.40. The Morgan fingerprint density at radius 3 is 1.67 bits per heavy atom. The standard InChI is InChI=1S/C3HCl4Si.Y/c1-2-3(4)8(5,6)7;/h1H;/q-1;. The van der Waals surface area contributed by atoms with E-state index in [1.54, 1.807) is 0 Å². The summed E-state index contributed by atoms with van der Waals surface area (Å²) in [6.45, 7) is 4.82. The summed E-state index contributed by atoms with van der Waals surface area (Å²) in [6.07, 6.45) is 0. The molecule has 0 aromatic rings. The van der Waals surface area contributed by atoms with Crippen molar-refractivity contribution in [3.8, 4) is 0 Å². The van der Waals surface area contributed by atoms with Crippen molar-refractivity contribution in [2.24, 2.45) is 0 Å². The summed E-state index contributed by atoms with van der Waals surface area (Å²) in [7, 11) is 0. The van der Waals surface area contributed by atoms with Gasteiger partial charge in [0.15, 0.2) is 0 Å². The molecule has 9 heavy (non-hydrogen) atoms. The van der Waals surface area contributed by atoms with Gasteiger partial charge in [0.25, 0.3) is 0 Å². The van der Waals surface area contributed by atoms with E-state index in [2.05, 4.69) is 5.73 Å². The van der Waals surface area contributed by atoms with Gasteiger partial charge in [-0.15, -0.1) is 33.2 Å². The smallest absolute Gasteiger partial charge is 0.310 e. The third-order valence-corrected chi connectivity index (χ3v) is 4.55. The maximum Gasteiger partial charge on any atom is 0.310 e. The molecule has 0 aromatic carbocycles. The minimum absolute atomic E-state index is 0. The molecule has 49 valence electrons. The molecule has 0 spiro atoms. The topological polar surface area (TPSA) is 0 Å². The predicted molar refractivity (Wildman–Crippen MR) is 40.5 cm³/mol. The normalized spacial score (nSPS) is 9.33. The van der Waals surface area contributed by atoms with Crippen molar-refractivity contribution in [3.63, 3.8) is 0 Å². The molecule has 0 heterocycles. The van der Waals surface area contributed by atoms with E-state index in [0.29, 0.717) is 0 Å². The van der Waals surface area contributed by atoms with Gasteiger partial charge in [0, 0.05) is 32.7 Å². The van der Waals surface area contributed by atoms with Gasteiger partial charge in [0.2, 0.25) is 0 Å². The van der Waals surface area contributed by atoms with Crippen LogP contribution in [0.4, 0.5) is 0 Å². The third-order valence-electron chi connectivity index (χ3n) is 0.376. The molecule has 0 aliphatic carbocycles. The fourth-order valence-corrected chi connectivity index (χ4v) is 0.736. The summed E-state index contributed by atoms with van der Waals surface area (Å²) in [5.74, 6) is 0. The SMILES string of the molecule is [CH-]=C=C(Cl)[Si](Cl)(Cl)Cl.[Y]. The van der Waals surface area contributed by atoms with E-state index in [1.807, 2.05) is 0 Å². The Hall–Kier alpha value is 2.00. The maximum absolute atomic E-state index is 5.34. The zero-order chi connectivity index (χ0) is 6.78. The molecule has 0 fully saturated rings. The fourth-order valence-electron chi connectivity index (χ4n) is 0.0818. The molecule has 6 heteroatoms. The maximum atomic E-state index is 5.34. The quantitative estimate of drug-likeness (QED) is 0.302. The molecule has 0 aromatic heterocycles. The first-order valence-electron chi connectivity index (χ1n) is 1.54. The Labute approximate surface area is 99.2 Å². The first kappa shape index (κ1) is 13.6. The predicted octanol–water partition coefficient (Wildman–Crippen LogP) is 2.89. The van der Waals surface area contributed by atoms with Crippen LogP contribution in [0.25, 0.3) is 0 Å². The second kappa shape index (κ2) is 5.63. The minimum Gasteiger partial charge on any atom is -0.319 e. The Morgan fingerprint density at radius 1 is 1.33 bits per heavy atom. The zero-order valence-electron chi connectivity index (χ0n) is 4.17. The van der Waals surface area contributed by atoms with E-state index in [-0.39, 0.29) is 37.4 Å². The largest absolute Gasteiger partial charge is 0.319 e. The molecule has 0 aliphatic rings.